The summed E-state index contributed by atoms with van der Waals surface area (Å²) in [6, 6.07) is 15.4. The third-order valence-electron chi connectivity index (χ3n) is 4.52. The average Bonchev–Trinajstić information content (AvgIpc) is 2.68. The molecule has 0 unspecified atom stereocenters. The van der Waals surface area contributed by atoms with Crippen LogP contribution in [0.15, 0.2) is 48.5 Å². The summed E-state index contributed by atoms with van der Waals surface area (Å²) < 4.78 is 5.33. The number of carbonyl (C=O) groups is 2. The molecule has 0 atom stereocenters. The Hall–Kier alpha value is -2.86. The number of benzene rings is 2. The molecule has 0 heterocycles. The summed E-state index contributed by atoms with van der Waals surface area (Å²) >= 11 is 0. The standard InChI is InChI=1S/C22H29N3O3/c1-5-17-10-6-8-12-19(17)23-21(26)15-24(2)16-22(27)25(3)14-18-11-7-9-13-20(18)28-4/h6-13H,5,14-16H2,1-4H3,(H,23,26). The van der Waals surface area contributed by atoms with Gasteiger partial charge in [-0.05, 0) is 31.2 Å². The van der Waals surface area contributed by atoms with Gasteiger partial charge in [-0.2, -0.15) is 0 Å². The second-order valence-corrected chi connectivity index (χ2v) is 6.79. The van der Waals surface area contributed by atoms with E-state index < -0.39 is 0 Å². The van der Waals surface area contributed by atoms with Gasteiger partial charge in [0, 0.05) is 24.8 Å². The fourth-order valence-electron chi connectivity index (χ4n) is 2.97. The molecule has 28 heavy (non-hydrogen) atoms. The molecular weight excluding hydrogens is 354 g/mol. The summed E-state index contributed by atoms with van der Waals surface area (Å²) in [6.07, 6.45) is 0.846. The maximum atomic E-state index is 12.5. The zero-order valence-corrected chi connectivity index (χ0v) is 17.1. The number of carbonyl (C=O) groups excluding carboxylic acids is 2. The molecule has 0 aliphatic carbocycles. The first-order chi connectivity index (χ1) is 13.4. The Balaban J connectivity index is 1.86. The molecule has 0 radical (unpaired) electrons. The zero-order valence-electron chi connectivity index (χ0n) is 17.1. The highest BCUT2D eigenvalue weighted by atomic mass is 16.5. The number of para-hydroxylation sites is 2. The van der Waals surface area contributed by atoms with Gasteiger partial charge in [-0.25, -0.2) is 0 Å². The van der Waals surface area contributed by atoms with Crippen molar-refractivity contribution in [3.63, 3.8) is 0 Å². The van der Waals surface area contributed by atoms with E-state index in [1.807, 2.05) is 55.5 Å². The topological polar surface area (TPSA) is 61.9 Å². The van der Waals surface area contributed by atoms with Gasteiger partial charge >= 0.3 is 0 Å². The van der Waals surface area contributed by atoms with E-state index in [2.05, 4.69) is 5.32 Å². The van der Waals surface area contributed by atoms with E-state index in [9.17, 15) is 9.59 Å². The molecule has 0 fully saturated rings. The van der Waals surface area contributed by atoms with Crippen LogP contribution in [-0.2, 0) is 22.6 Å². The predicted octanol–water partition coefficient (Wildman–Crippen LogP) is 2.79. The minimum Gasteiger partial charge on any atom is -0.496 e. The first kappa shape index (κ1) is 21.4. The first-order valence-corrected chi connectivity index (χ1v) is 9.36. The molecule has 0 spiro atoms. The molecule has 2 aromatic rings. The number of ether oxygens (including phenoxy) is 1. The quantitative estimate of drug-likeness (QED) is 0.723. The second-order valence-electron chi connectivity index (χ2n) is 6.79. The van der Waals surface area contributed by atoms with Crippen LogP contribution in [0, 0.1) is 0 Å². The van der Waals surface area contributed by atoms with Gasteiger partial charge in [-0.3, -0.25) is 14.5 Å². The molecule has 150 valence electrons. The van der Waals surface area contributed by atoms with Crippen molar-refractivity contribution in [3.05, 3.63) is 59.7 Å². The largest absolute Gasteiger partial charge is 0.496 e. The normalized spacial score (nSPS) is 10.6. The van der Waals surface area contributed by atoms with Crippen LogP contribution in [-0.4, -0.2) is 55.9 Å². The SMILES string of the molecule is CCc1ccccc1NC(=O)CN(C)CC(=O)N(C)Cc1ccccc1OC. The fourth-order valence-corrected chi connectivity index (χ4v) is 2.97. The molecule has 0 saturated heterocycles. The third-order valence-corrected chi connectivity index (χ3v) is 4.52. The number of nitrogens with one attached hydrogen (secondary N) is 1. The summed E-state index contributed by atoms with van der Waals surface area (Å²) in [7, 11) is 5.13. The molecule has 0 saturated carbocycles. The Morgan fingerprint density at radius 1 is 0.964 bits per heavy atom. The van der Waals surface area contributed by atoms with Gasteiger partial charge in [0.05, 0.1) is 20.2 Å². The van der Waals surface area contributed by atoms with Crippen LogP contribution in [0.1, 0.15) is 18.1 Å². The molecule has 0 aliphatic rings. The average molecular weight is 383 g/mol. The molecule has 2 amide bonds. The van der Waals surface area contributed by atoms with Crippen LogP contribution in [0.5, 0.6) is 5.75 Å². The maximum absolute atomic E-state index is 12.5. The third kappa shape index (κ3) is 6.09. The number of anilines is 1. The molecule has 0 bridgehead atoms. The molecule has 2 rings (SSSR count). The number of aryl methyl sites for hydroxylation is 1. The highest BCUT2D eigenvalue weighted by molar-refractivity contribution is 5.93. The number of likely N-dealkylation sites (N-methyl/N-ethyl adjacent to an activating group) is 2. The Morgan fingerprint density at radius 2 is 1.61 bits per heavy atom. The molecule has 6 heteroatoms. The maximum Gasteiger partial charge on any atom is 0.238 e. The van der Waals surface area contributed by atoms with E-state index in [0.29, 0.717) is 6.54 Å². The lowest BCUT2D eigenvalue weighted by atomic mass is 10.1. The number of rotatable bonds is 9. The van der Waals surface area contributed by atoms with Gasteiger partial charge in [0.2, 0.25) is 11.8 Å². The van der Waals surface area contributed by atoms with Crippen LogP contribution in [0.3, 0.4) is 0 Å². The van der Waals surface area contributed by atoms with Gasteiger partial charge in [0.25, 0.3) is 0 Å². The van der Waals surface area contributed by atoms with Crippen LogP contribution in [0.4, 0.5) is 5.69 Å². The molecule has 2 aromatic carbocycles. The van der Waals surface area contributed by atoms with E-state index in [1.165, 1.54) is 0 Å². The van der Waals surface area contributed by atoms with Gasteiger partial charge in [-0.1, -0.05) is 43.3 Å². The number of amides is 2. The summed E-state index contributed by atoms with van der Waals surface area (Å²) in [5, 5.41) is 2.93. The number of hydrogen-bond acceptors (Lipinski definition) is 4. The Bertz CT molecular complexity index is 807. The first-order valence-electron chi connectivity index (χ1n) is 9.36. The summed E-state index contributed by atoms with van der Waals surface area (Å²) in [4.78, 5) is 28.2. The van der Waals surface area contributed by atoms with Crippen molar-refractivity contribution in [3.8, 4) is 5.75 Å². The van der Waals surface area contributed by atoms with Crippen LogP contribution < -0.4 is 10.1 Å². The van der Waals surface area contributed by atoms with Crippen molar-refractivity contribution in [2.45, 2.75) is 19.9 Å². The number of hydrogen-bond donors (Lipinski definition) is 1. The number of methoxy groups -OCH3 is 1. The fraction of sp³-hybridized carbons (Fsp3) is 0.364. The highest BCUT2D eigenvalue weighted by Crippen LogP contribution is 2.19. The van der Waals surface area contributed by atoms with E-state index in [1.54, 1.807) is 31.0 Å². The Labute approximate surface area is 167 Å². The molecule has 6 nitrogen and oxygen atoms in total. The minimum absolute atomic E-state index is 0.0600. The van der Waals surface area contributed by atoms with Crippen LogP contribution in [0.2, 0.25) is 0 Å². The van der Waals surface area contributed by atoms with Gasteiger partial charge in [-0.15, -0.1) is 0 Å². The van der Waals surface area contributed by atoms with Crippen molar-refractivity contribution in [2.75, 3.05) is 39.6 Å². The van der Waals surface area contributed by atoms with E-state index in [0.717, 1.165) is 29.0 Å². The summed E-state index contributed by atoms with van der Waals surface area (Å²) in [5.41, 5.74) is 2.85. The zero-order chi connectivity index (χ0) is 20.5. The summed E-state index contributed by atoms with van der Waals surface area (Å²) in [6.45, 7) is 2.81. The second kappa shape index (κ2) is 10.5. The van der Waals surface area contributed by atoms with Crippen molar-refractivity contribution >= 4 is 17.5 Å². The van der Waals surface area contributed by atoms with Gasteiger partial charge in [0.1, 0.15) is 5.75 Å². The van der Waals surface area contributed by atoms with Crippen LogP contribution in [0.25, 0.3) is 0 Å². The van der Waals surface area contributed by atoms with Crippen molar-refractivity contribution in [2.24, 2.45) is 0 Å². The van der Waals surface area contributed by atoms with Gasteiger partial charge in [0.15, 0.2) is 0 Å². The van der Waals surface area contributed by atoms with Crippen molar-refractivity contribution in [1.82, 2.24) is 9.80 Å². The smallest absolute Gasteiger partial charge is 0.238 e. The Kier molecular flexibility index (Phi) is 8.02. The molecule has 1 N–H and O–H groups in total. The van der Waals surface area contributed by atoms with Crippen LogP contribution >= 0.6 is 0 Å². The monoisotopic (exact) mass is 383 g/mol. The lowest BCUT2D eigenvalue weighted by Gasteiger charge is -2.22. The molecule has 0 aliphatic heterocycles. The minimum atomic E-state index is -0.136. The van der Waals surface area contributed by atoms with E-state index >= 15 is 0 Å². The highest BCUT2D eigenvalue weighted by Gasteiger charge is 2.16. The lowest BCUT2D eigenvalue weighted by Crippen LogP contribution is -2.39. The molecule has 0 aromatic heterocycles. The van der Waals surface area contributed by atoms with Crippen molar-refractivity contribution < 1.29 is 14.3 Å². The molecular formula is C22H29N3O3. The van der Waals surface area contributed by atoms with Crippen molar-refractivity contribution in [1.29, 1.82) is 0 Å². The number of nitrogens with zero attached hydrogens (tertiary/aromatic N) is 2. The van der Waals surface area contributed by atoms with E-state index in [4.69, 9.17) is 4.74 Å². The Morgan fingerprint density at radius 3 is 2.29 bits per heavy atom. The lowest BCUT2D eigenvalue weighted by molar-refractivity contribution is -0.131. The summed E-state index contributed by atoms with van der Waals surface area (Å²) in [5.74, 6) is 0.559. The van der Waals surface area contributed by atoms with Gasteiger partial charge < -0.3 is 15.0 Å². The predicted molar refractivity (Wildman–Crippen MR) is 111 cm³/mol. The van der Waals surface area contributed by atoms with E-state index in [-0.39, 0.29) is 24.9 Å².